The van der Waals surface area contributed by atoms with Crippen molar-refractivity contribution in [3.63, 3.8) is 0 Å². The molecule has 0 aromatic heterocycles. The first-order valence-electron chi connectivity index (χ1n) is 8.17. The first-order valence-corrected chi connectivity index (χ1v) is 8.17. The normalized spacial score (nSPS) is 34.7. The second-order valence-electron chi connectivity index (χ2n) is 6.61. The molecule has 2 fully saturated rings. The Morgan fingerprint density at radius 3 is 2.64 bits per heavy atom. The first kappa shape index (κ1) is 15.5. The molecule has 0 radical (unpaired) electrons. The van der Waals surface area contributed by atoms with Crippen LogP contribution >= 0.6 is 0 Å². The highest BCUT2D eigenvalue weighted by atomic mass is 19.1. The van der Waals surface area contributed by atoms with Crippen LogP contribution < -0.4 is 0 Å². The van der Waals surface area contributed by atoms with E-state index in [0.29, 0.717) is 5.92 Å². The Hall–Kier alpha value is -1.42. The summed E-state index contributed by atoms with van der Waals surface area (Å²) in [5.74, 6) is 1.06. The van der Waals surface area contributed by atoms with Crippen LogP contribution in [0.25, 0.3) is 0 Å². The molecule has 3 rings (SSSR count). The lowest BCUT2D eigenvalue weighted by Gasteiger charge is -2.38. The van der Waals surface area contributed by atoms with E-state index in [1.807, 2.05) is 12.1 Å². The largest absolute Gasteiger partial charge is 0.399 e. The number of benzene rings is 1. The van der Waals surface area contributed by atoms with Crippen LogP contribution in [0.2, 0.25) is 0 Å². The predicted octanol–water partition coefficient (Wildman–Crippen LogP) is 3.73. The second kappa shape index (κ2) is 6.37. The highest BCUT2D eigenvalue weighted by Crippen LogP contribution is 2.52. The summed E-state index contributed by atoms with van der Waals surface area (Å²) in [4.78, 5) is 5.04. The van der Waals surface area contributed by atoms with E-state index in [4.69, 9.17) is 4.84 Å². The number of oxime groups is 1. The van der Waals surface area contributed by atoms with Gasteiger partial charge >= 0.3 is 0 Å². The van der Waals surface area contributed by atoms with Crippen LogP contribution in [0.1, 0.15) is 44.1 Å². The van der Waals surface area contributed by atoms with Crippen molar-refractivity contribution in [3.05, 3.63) is 35.6 Å². The molecule has 1 aromatic carbocycles. The topological polar surface area (TPSA) is 41.8 Å². The lowest BCUT2D eigenvalue weighted by atomic mass is 9.67. The molecule has 2 aliphatic rings. The Kier molecular flexibility index (Phi) is 4.48. The van der Waals surface area contributed by atoms with Gasteiger partial charge in [0.1, 0.15) is 12.9 Å². The molecule has 2 unspecified atom stereocenters. The summed E-state index contributed by atoms with van der Waals surface area (Å²) < 4.78 is 13.2. The summed E-state index contributed by atoms with van der Waals surface area (Å²) in [7, 11) is 1.57. The van der Waals surface area contributed by atoms with Crippen LogP contribution in [-0.4, -0.2) is 24.0 Å². The average molecular weight is 305 g/mol. The Morgan fingerprint density at radius 1 is 1.27 bits per heavy atom. The minimum Gasteiger partial charge on any atom is -0.399 e. The molecule has 2 bridgehead atoms. The third-order valence-corrected chi connectivity index (χ3v) is 5.41. The summed E-state index contributed by atoms with van der Waals surface area (Å²) in [5.41, 5.74) is 2.16. The standard InChI is InChI=1S/C18H24FNO2/c1-3-16(20-22-2)18-14(12-4-6-13(19)7-5-12)8-11-9-15(18)17(21)10-11/h4-7,11,14-15,17-18,21H,3,8-10H2,1-2H3/t11?,14-,15+,17?,18+/m1/s1. The third kappa shape index (κ3) is 2.76. The van der Waals surface area contributed by atoms with Crippen molar-refractivity contribution in [3.8, 4) is 0 Å². The highest BCUT2D eigenvalue weighted by Gasteiger charge is 2.48. The van der Waals surface area contributed by atoms with Gasteiger partial charge in [0.05, 0.1) is 11.8 Å². The molecular weight excluding hydrogens is 281 g/mol. The van der Waals surface area contributed by atoms with Gasteiger partial charge in [-0.05, 0) is 61.1 Å². The number of rotatable bonds is 4. The number of fused-ring (bicyclic) bond motifs is 2. The quantitative estimate of drug-likeness (QED) is 0.680. The van der Waals surface area contributed by atoms with Gasteiger partial charge in [0.15, 0.2) is 0 Å². The fraction of sp³-hybridized carbons (Fsp3) is 0.611. The van der Waals surface area contributed by atoms with Gasteiger partial charge in [0.25, 0.3) is 0 Å². The minimum absolute atomic E-state index is 0.184. The van der Waals surface area contributed by atoms with Gasteiger partial charge in [0, 0.05) is 5.92 Å². The zero-order valence-electron chi connectivity index (χ0n) is 13.2. The summed E-state index contributed by atoms with van der Waals surface area (Å²) in [6.45, 7) is 2.08. The Labute approximate surface area is 131 Å². The van der Waals surface area contributed by atoms with E-state index in [1.54, 1.807) is 7.11 Å². The lowest BCUT2D eigenvalue weighted by molar-refractivity contribution is 0.106. The lowest BCUT2D eigenvalue weighted by Crippen LogP contribution is -2.36. The van der Waals surface area contributed by atoms with Crippen molar-refractivity contribution < 1.29 is 14.3 Å². The maximum atomic E-state index is 13.2. The molecule has 0 spiro atoms. The van der Waals surface area contributed by atoms with Crippen LogP contribution in [0.5, 0.6) is 0 Å². The van der Waals surface area contributed by atoms with Crippen molar-refractivity contribution in [1.29, 1.82) is 0 Å². The smallest absolute Gasteiger partial charge is 0.123 e. The zero-order chi connectivity index (χ0) is 15.7. The van der Waals surface area contributed by atoms with E-state index in [0.717, 1.165) is 37.0 Å². The molecule has 0 amide bonds. The van der Waals surface area contributed by atoms with Gasteiger partial charge in [0.2, 0.25) is 0 Å². The molecular formula is C18H24FNO2. The molecule has 4 heteroatoms. The Bertz CT molecular complexity index is 543. The first-order chi connectivity index (χ1) is 10.6. The van der Waals surface area contributed by atoms with Crippen molar-refractivity contribution in [2.45, 2.75) is 44.6 Å². The molecule has 2 saturated carbocycles. The minimum atomic E-state index is -0.256. The molecule has 0 aliphatic heterocycles. The SMILES string of the molecule is CCC(=NOC)[C@H]1[C@@H](c2ccc(F)cc2)CC2CC(O)[C@@H]1C2. The maximum absolute atomic E-state index is 13.2. The number of halogens is 1. The molecule has 5 atom stereocenters. The zero-order valence-corrected chi connectivity index (χ0v) is 13.2. The Balaban J connectivity index is 1.98. The van der Waals surface area contributed by atoms with Gasteiger partial charge in [-0.1, -0.05) is 24.2 Å². The fourth-order valence-corrected chi connectivity index (χ4v) is 4.55. The Morgan fingerprint density at radius 2 is 2.00 bits per heavy atom. The monoisotopic (exact) mass is 305 g/mol. The highest BCUT2D eigenvalue weighted by molar-refractivity contribution is 5.87. The molecule has 3 nitrogen and oxygen atoms in total. The summed E-state index contributed by atoms with van der Waals surface area (Å²) in [6, 6.07) is 6.81. The van der Waals surface area contributed by atoms with Crippen molar-refractivity contribution in [2.24, 2.45) is 22.9 Å². The molecule has 0 saturated heterocycles. The van der Waals surface area contributed by atoms with Crippen LogP contribution in [0.4, 0.5) is 4.39 Å². The van der Waals surface area contributed by atoms with Crippen molar-refractivity contribution >= 4 is 5.71 Å². The number of aliphatic hydroxyl groups is 1. The summed E-state index contributed by atoms with van der Waals surface area (Å²) in [5, 5.41) is 14.7. The maximum Gasteiger partial charge on any atom is 0.123 e. The number of aliphatic hydroxyl groups excluding tert-OH is 1. The van der Waals surface area contributed by atoms with Crippen LogP contribution in [0.3, 0.4) is 0 Å². The molecule has 1 N–H and O–H groups in total. The number of hydrogen-bond acceptors (Lipinski definition) is 3. The van der Waals surface area contributed by atoms with Crippen LogP contribution in [-0.2, 0) is 4.84 Å². The average Bonchev–Trinajstić information content (AvgIpc) is 2.81. The summed E-state index contributed by atoms with van der Waals surface area (Å²) in [6.07, 6.45) is 3.53. The van der Waals surface area contributed by atoms with Crippen molar-refractivity contribution in [1.82, 2.24) is 0 Å². The molecule has 22 heavy (non-hydrogen) atoms. The number of hydrogen-bond donors (Lipinski definition) is 1. The van der Waals surface area contributed by atoms with E-state index in [1.165, 1.54) is 12.1 Å². The van der Waals surface area contributed by atoms with Gasteiger partial charge in [-0.25, -0.2) is 4.39 Å². The van der Waals surface area contributed by atoms with Gasteiger partial charge in [-0.3, -0.25) is 0 Å². The fourth-order valence-electron chi connectivity index (χ4n) is 4.55. The van der Waals surface area contributed by atoms with Crippen molar-refractivity contribution in [2.75, 3.05) is 7.11 Å². The van der Waals surface area contributed by atoms with E-state index < -0.39 is 0 Å². The second-order valence-corrected chi connectivity index (χ2v) is 6.61. The molecule has 2 aliphatic carbocycles. The predicted molar refractivity (Wildman–Crippen MR) is 84.2 cm³/mol. The van der Waals surface area contributed by atoms with E-state index in [2.05, 4.69) is 12.1 Å². The van der Waals surface area contributed by atoms with Gasteiger partial charge in [-0.2, -0.15) is 0 Å². The molecule has 0 heterocycles. The third-order valence-electron chi connectivity index (χ3n) is 5.41. The van der Waals surface area contributed by atoms with E-state index >= 15 is 0 Å². The van der Waals surface area contributed by atoms with Crippen LogP contribution in [0.15, 0.2) is 29.4 Å². The van der Waals surface area contributed by atoms with E-state index in [9.17, 15) is 9.50 Å². The van der Waals surface area contributed by atoms with Gasteiger partial charge in [-0.15, -0.1) is 0 Å². The summed E-state index contributed by atoms with van der Waals surface area (Å²) >= 11 is 0. The number of nitrogens with zero attached hydrogens (tertiary/aromatic N) is 1. The van der Waals surface area contributed by atoms with E-state index in [-0.39, 0.29) is 29.7 Å². The molecule has 120 valence electrons. The van der Waals surface area contributed by atoms with Gasteiger partial charge < -0.3 is 9.94 Å². The molecule has 1 aromatic rings. The van der Waals surface area contributed by atoms with Crippen LogP contribution in [0, 0.1) is 23.6 Å².